The van der Waals surface area contributed by atoms with E-state index in [9.17, 15) is 9.59 Å². The van der Waals surface area contributed by atoms with E-state index in [0.29, 0.717) is 0 Å². The molecule has 0 fully saturated rings. The standard InChI is InChI=1S/C7H14N2O4/c1-4(2)8-7(13)9-5(3-10)6(11)12/h4-5,10H,3H2,1-2H3,(H,11,12)(H2,8,9,13)/t5-/m1/s1. The number of carbonyl (C=O) groups is 2. The molecule has 2 amide bonds. The number of aliphatic carboxylic acids is 1. The molecule has 1 atom stereocenters. The summed E-state index contributed by atoms with van der Waals surface area (Å²) in [6, 6.07) is -1.93. The summed E-state index contributed by atoms with van der Waals surface area (Å²) in [5, 5.41) is 21.5. The summed E-state index contributed by atoms with van der Waals surface area (Å²) in [4.78, 5) is 21.3. The predicted molar refractivity (Wildman–Crippen MR) is 45.3 cm³/mol. The number of rotatable bonds is 4. The quantitative estimate of drug-likeness (QED) is 0.463. The van der Waals surface area contributed by atoms with Crippen molar-refractivity contribution in [3.63, 3.8) is 0 Å². The zero-order chi connectivity index (χ0) is 10.4. The Morgan fingerprint density at radius 2 is 1.85 bits per heavy atom. The Labute approximate surface area is 75.9 Å². The van der Waals surface area contributed by atoms with Gasteiger partial charge in [-0.1, -0.05) is 0 Å². The van der Waals surface area contributed by atoms with Crippen LogP contribution in [0.3, 0.4) is 0 Å². The summed E-state index contributed by atoms with van der Waals surface area (Å²) in [6.07, 6.45) is 0. The van der Waals surface area contributed by atoms with E-state index >= 15 is 0 Å². The van der Waals surface area contributed by atoms with Gasteiger partial charge < -0.3 is 20.8 Å². The molecule has 76 valence electrons. The molecule has 0 radical (unpaired) electrons. The number of carboxylic acid groups (broad SMARTS) is 1. The highest BCUT2D eigenvalue weighted by Crippen LogP contribution is 1.83. The first-order valence-corrected chi connectivity index (χ1v) is 3.88. The smallest absolute Gasteiger partial charge is 0.328 e. The fraction of sp³-hybridized carbons (Fsp3) is 0.714. The first-order valence-electron chi connectivity index (χ1n) is 3.88. The van der Waals surface area contributed by atoms with Gasteiger partial charge in [0.05, 0.1) is 6.61 Å². The monoisotopic (exact) mass is 190 g/mol. The van der Waals surface area contributed by atoms with Gasteiger partial charge in [-0.2, -0.15) is 0 Å². The molecular formula is C7H14N2O4. The number of aliphatic hydroxyl groups is 1. The van der Waals surface area contributed by atoms with Crippen molar-refractivity contribution in [2.75, 3.05) is 6.61 Å². The zero-order valence-corrected chi connectivity index (χ0v) is 7.57. The van der Waals surface area contributed by atoms with Gasteiger partial charge in [0.15, 0.2) is 6.04 Å². The molecule has 0 unspecified atom stereocenters. The van der Waals surface area contributed by atoms with Crippen LogP contribution in [0.15, 0.2) is 0 Å². The molecule has 0 aromatic carbocycles. The fourth-order valence-corrected chi connectivity index (χ4v) is 0.648. The molecule has 6 heteroatoms. The largest absolute Gasteiger partial charge is 0.480 e. The van der Waals surface area contributed by atoms with Crippen molar-refractivity contribution < 1.29 is 19.8 Å². The van der Waals surface area contributed by atoms with Crippen LogP contribution in [0.1, 0.15) is 13.8 Å². The summed E-state index contributed by atoms with van der Waals surface area (Å²) >= 11 is 0. The van der Waals surface area contributed by atoms with Crippen LogP contribution in [0.5, 0.6) is 0 Å². The molecule has 0 bridgehead atoms. The molecule has 0 aromatic heterocycles. The number of amides is 2. The van der Waals surface area contributed by atoms with Crippen molar-refractivity contribution in [2.24, 2.45) is 0 Å². The molecule has 0 aliphatic rings. The van der Waals surface area contributed by atoms with Crippen LogP contribution in [0.2, 0.25) is 0 Å². The lowest BCUT2D eigenvalue weighted by Gasteiger charge is -2.14. The zero-order valence-electron chi connectivity index (χ0n) is 7.57. The van der Waals surface area contributed by atoms with E-state index in [1.54, 1.807) is 13.8 Å². The maximum Gasteiger partial charge on any atom is 0.328 e. The van der Waals surface area contributed by atoms with Gasteiger partial charge in [0.25, 0.3) is 0 Å². The topological polar surface area (TPSA) is 98.7 Å². The van der Waals surface area contributed by atoms with E-state index < -0.39 is 24.6 Å². The van der Waals surface area contributed by atoms with Crippen LogP contribution in [0.4, 0.5) is 4.79 Å². The van der Waals surface area contributed by atoms with Crippen LogP contribution < -0.4 is 10.6 Å². The highest BCUT2D eigenvalue weighted by Gasteiger charge is 2.18. The van der Waals surface area contributed by atoms with Gasteiger partial charge in [-0.25, -0.2) is 9.59 Å². The first kappa shape index (κ1) is 11.7. The number of urea groups is 1. The molecule has 0 saturated heterocycles. The molecule has 0 heterocycles. The highest BCUT2D eigenvalue weighted by atomic mass is 16.4. The van der Waals surface area contributed by atoms with Crippen molar-refractivity contribution in [2.45, 2.75) is 25.9 Å². The van der Waals surface area contributed by atoms with E-state index in [0.717, 1.165) is 0 Å². The van der Waals surface area contributed by atoms with E-state index in [4.69, 9.17) is 10.2 Å². The van der Waals surface area contributed by atoms with E-state index in [1.807, 2.05) is 0 Å². The number of hydrogen-bond donors (Lipinski definition) is 4. The highest BCUT2D eigenvalue weighted by molar-refractivity contribution is 5.82. The number of carbonyl (C=O) groups excluding carboxylic acids is 1. The Bertz CT molecular complexity index is 193. The second-order valence-corrected chi connectivity index (χ2v) is 2.85. The van der Waals surface area contributed by atoms with Crippen molar-refractivity contribution in [1.82, 2.24) is 10.6 Å². The van der Waals surface area contributed by atoms with Gasteiger partial charge in [0.2, 0.25) is 0 Å². The third kappa shape index (κ3) is 5.02. The van der Waals surface area contributed by atoms with E-state index in [-0.39, 0.29) is 6.04 Å². The minimum atomic E-state index is -1.26. The van der Waals surface area contributed by atoms with Crippen molar-refractivity contribution in [3.8, 4) is 0 Å². The molecule has 0 aliphatic carbocycles. The lowest BCUT2D eigenvalue weighted by atomic mass is 10.3. The van der Waals surface area contributed by atoms with Gasteiger partial charge in [-0.15, -0.1) is 0 Å². The second-order valence-electron chi connectivity index (χ2n) is 2.85. The minimum Gasteiger partial charge on any atom is -0.480 e. The van der Waals surface area contributed by atoms with Crippen molar-refractivity contribution >= 4 is 12.0 Å². The average molecular weight is 190 g/mol. The Morgan fingerprint density at radius 1 is 1.31 bits per heavy atom. The van der Waals surface area contributed by atoms with E-state index in [2.05, 4.69) is 10.6 Å². The molecule has 4 N–H and O–H groups in total. The number of aliphatic hydroxyl groups excluding tert-OH is 1. The third-order valence-corrected chi connectivity index (χ3v) is 1.21. The van der Waals surface area contributed by atoms with E-state index in [1.165, 1.54) is 0 Å². The fourth-order valence-electron chi connectivity index (χ4n) is 0.648. The van der Waals surface area contributed by atoms with Crippen molar-refractivity contribution in [1.29, 1.82) is 0 Å². The van der Waals surface area contributed by atoms with Crippen LogP contribution >= 0.6 is 0 Å². The van der Waals surface area contributed by atoms with Crippen LogP contribution in [0.25, 0.3) is 0 Å². The van der Waals surface area contributed by atoms with Gasteiger partial charge in [0.1, 0.15) is 0 Å². The van der Waals surface area contributed by atoms with Crippen LogP contribution in [-0.2, 0) is 4.79 Å². The lowest BCUT2D eigenvalue weighted by molar-refractivity contribution is -0.140. The van der Waals surface area contributed by atoms with Crippen molar-refractivity contribution in [3.05, 3.63) is 0 Å². The maximum atomic E-state index is 10.9. The molecule has 0 aromatic rings. The first-order chi connectivity index (χ1) is 5.97. The SMILES string of the molecule is CC(C)NC(=O)N[C@H](CO)C(=O)O. The summed E-state index contributed by atoms with van der Waals surface area (Å²) in [6.45, 7) is 2.86. The summed E-state index contributed by atoms with van der Waals surface area (Å²) in [5.74, 6) is -1.26. The van der Waals surface area contributed by atoms with Gasteiger partial charge in [-0.05, 0) is 13.8 Å². The third-order valence-electron chi connectivity index (χ3n) is 1.21. The Kier molecular flexibility index (Phi) is 4.83. The molecule has 0 saturated carbocycles. The van der Waals surface area contributed by atoms with Gasteiger partial charge in [0, 0.05) is 6.04 Å². The average Bonchev–Trinajstić information content (AvgIpc) is 1.98. The number of hydrogen-bond acceptors (Lipinski definition) is 3. The number of carboxylic acids is 1. The second kappa shape index (κ2) is 5.36. The van der Waals surface area contributed by atoms with Crippen LogP contribution in [-0.4, -0.2) is 40.9 Å². The maximum absolute atomic E-state index is 10.9. The predicted octanol–water partition coefficient (Wildman–Crippen LogP) is -0.861. The van der Waals surface area contributed by atoms with Crippen LogP contribution in [0, 0.1) is 0 Å². The molecule has 0 rings (SSSR count). The van der Waals surface area contributed by atoms with Gasteiger partial charge >= 0.3 is 12.0 Å². The Balaban J connectivity index is 3.94. The Morgan fingerprint density at radius 3 is 2.15 bits per heavy atom. The summed E-state index contributed by atoms with van der Waals surface area (Å²) in [7, 11) is 0. The minimum absolute atomic E-state index is 0.0758. The molecule has 6 nitrogen and oxygen atoms in total. The molecule has 13 heavy (non-hydrogen) atoms. The van der Waals surface area contributed by atoms with Gasteiger partial charge in [-0.3, -0.25) is 0 Å². The summed E-state index contributed by atoms with van der Waals surface area (Å²) in [5.41, 5.74) is 0. The Hall–Kier alpha value is -1.30. The normalized spacial score (nSPS) is 12.3. The summed E-state index contributed by atoms with van der Waals surface area (Å²) < 4.78 is 0. The molecule has 0 spiro atoms. The lowest BCUT2D eigenvalue weighted by Crippen LogP contribution is -2.49. The number of nitrogens with one attached hydrogen (secondary N) is 2. The molecule has 0 aliphatic heterocycles. The molecular weight excluding hydrogens is 176 g/mol.